The van der Waals surface area contributed by atoms with Crippen LogP contribution in [-0.2, 0) is 0 Å². The quantitative estimate of drug-likeness (QED) is 0.172. The normalized spacial score (nSPS) is 11.4. The van der Waals surface area contributed by atoms with Gasteiger partial charge < -0.3 is 0 Å². The molecule has 0 atom stereocenters. The minimum Gasteiger partial charge on any atom is -0.140 e. The fraction of sp³-hybridized carbons (Fsp3) is 0.0286. The fourth-order valence-electron chi connectivity index (χ4n) is 5.65. The highest BCUT2D eigenvalue weighted by Crippen LogP contribution is 2.37. The lowest BCUT2D eigenvalue weighted by Crippen LogP contribution is -2.75. The molecular formula is C35H28SSi. The average Bonchev–Trinajstić information content (AvgIpc) is 3.33. The summed E-state index contributed by atoms with van der Waals surface area (Å²) in [6.07, 6.45) is 0. The van der Waals surface area contributed by atoms with E-state index in [0.717, 1.165) is 0 Å². The zero-order valence-electron chi connectivity index (χ0n) is 20.8. The van der Waals surface area contributed by atoms with Crippen LogP contribution in [0.5, 0.6) is 0 Å². The number of benzene rings is 5. The van der Waals surface area contributed by atoms with E-state index in [1.54, 1.807) is 0 Å². The number of thiophene rings is 1. The molecule has 6 aromatic rings. The second kappa shape index (κ2) is 10.2. The molecule has 0 spiro atoms. The molecule has 1 aromatic heterocycles. The van der Waals surface area contributed by atoms with Crippen LogP contribution >= 0.6 is 11.3 Å². The smallest absolute Gasteiger partial charge is 0.140 e. The molecule has 0 aliphatic heterocycles. The summed E-state index contributed by atoms with van der Waals surface area (Å²) in [4.78, 5) is 2.74. The van der Waals surface area contributed by atoms with Crippen molar-refractivity contribution >= 4 is 40.2 Å². The molecule has 5 aromatic carbocycles. The van der Waals surface area contributed by atoms with Gasteiger partial charge in [0.05, 0.1) is 0 Å². The van der Waals surface area contributed by atoms with Gasteiger partial charge in [0.1, 0.15) is 0 Å². The van der Waals surface area contributed by atoms with Crippen LogP contribution in [0.3, 0.4) is 0 Å². The Morgan fingerprint density at radius 3 is 1.19 bits per heavy atom. The molecule has 0 bridgehead atoms. The molecule has 0 fully saturated rings. The molecule has 1 heterocycles. The average molecular weight is 509 g/mol. The summed E-state index contributed by atoms with van der Waals surface area (Å²) in [6, 6.07) is 55.6. The third kappa shape index (κ3) is 4.09. The molecule has 0 N–H and O–H groups in total. The van der Waals surface area contributed by atoms with Gasteiger partial charge in [-0.05, 0) is 44.4 Å². The number of aryl methyl sites for hydroxylation is 1. The van der Waals surface area contributed by atoms with E-state index in [-0.39, 0.29) is 0 Å². The fourth-order valence-corrected chi connectivity index (χ4v) is 12.6. The second-order valence-electron chi connectivity index (χ2n) is 9.32. The summed E-state index contributed by atoms with van der Waals surface area (Å²) in [5, 5.41) is 5.69. The van der Waals surface area contributed by atoms with Crippen molar-refractivity contribution in [2.75, 3.05) is 0 Å². The van der Waals surface area contributed by atoms with Gasteiger partial charge in [-0.15, -0.1) is 11.3 Å². The van der Waals surface area contributed by atoms with Crippen molar-refractivity contribution < 1.29 is 0 Å². The van der Waals surface area contributed by atoms with E-state index >= 15 is 0 Å². The van der Waals surface area contributed by atoms with E-state index in [9.17, 15) is 0 Å². The molecule has 0 saturated carbocycles. The molecule has 2 heteroatoms. The van der Waals surface area contributed by atoms with Gasteiger partial charge >= 0.3 is 0 Å². The second-order valence-corrected chi connectivity index (χ2v) is 14.3. The lowest BCUT2D eigenvalue weighted by molar-refractivity contribution is 1.59. The molecule has 178 valence electrons. The van der Waals surface area contributed by atoms with E-state index in [0.29, 0.717) is 0 Å². The first-order valence-electron chi connectivity index (χ1n) is 12.7. The van der Waals surface area contributed by atoms with Crippen LogP contribution in [0, 0.1) is 6.92 Å². The zero-order valence-corrected chi connectivity index (χ0v) is 22.7. The van der Waals surface area contributed by atoms with Crippen molar-refractivity contribution in [3.63, 3.8) is 0 Å². The minimum absolute atomic E-state index is 1.28. The number of hydrogen-bond donors (Lipinski definition) is 0. The molecule has 0 nitrogen and oxygen atoms in total. The lowest BCUT2D eigenvalue weighted by Gasteiger charge is -2.36. The lowest BCUT2D eigenvalue weighted by atomic mass is 10.0. The van der Waals surface area contributed by atoms with Crippen LogP contribution < -0.4 is 20.7 Å². The van der Waals surface area contributed by atoms with Crippen LogP contribution in [0.15, 0.2) is 152 Å². The summed E-state index contributed by atoms with van der Waals surface area (Å²) in [5.41, 5.74) is 3.95. The first-order chi connectivity index (χ1) is 18.3. The first kappa shape index (κ1) is 23.4. The molecule has 37 heavy (non-hydrogen) atoms. The topological polar surface area (TPSA) is 0 Å². The Morgan fingerprint density at radius 2 is 0.784 bits per heavy atom. The molecule has 0 aliphatic carbocycles. The van der Waals surface area contributed by atoms with Gasteiger partial charge in [-0.1, -0.05) is 152 Å². The summed E-state index contributed by atoms with van der Waals surface area (Å²) in [7, 11) is -2.72. The Labute approximate surface area is 224 Å². The van der Waals surface area contributed by atoms with Crippen LogP contribution in [-0.4, -0.2) is 8.07 Å². The predicted molar refractivity (Wildman–Crippen MR) is 164 cm³/mol. The van der Waals surface area contributed by atoms with Crippen LogP contribution in [0.4, 0.5) is 0 Å². The van der Waals surface area contributed by atoms with Gasteiger partial charge in [-0.3, -0.25) is 0 Å². The maximum absolute atomic E-state index is 2.72. The van der Waals surface area contributed by atoms with Crippen molar-refractivity contribution in [3.05, 3.63) is 157 Å². The number of rotatable bonds is 6. The third-order valence-electron chi connectivity index (χ3n) is 7.18. The Bertz CT molecular complexity index is 1490. The highest BCUT2D eigenvalue weighted by Gasteiger charge is 2.46. The van der Waals surface area contributed by atoms with Crippen molar-refractivity contribution in [2.45, 2.75) is 6.92 Å². The molecule has 0 unspecified atom stereocenters. The van der Waals surface area contributed by atoms with E-state index in [2.05, 4.69) is 159 Å². The van der Waals surface area contributed by atoms with Crippen LogP contribution in [0.2, 0.25) is 0 Å². The van der Waals surface area contributed by atoms with Crippen LogP contribution in [0.1, 0.15) is 4.88 Å². The molecule has 0 radical (unpaired) electrons. The first-order valence-corrected chi connectivity index (χ1v) is 15.5. The van der Waals surface area contributed by atoms with Crippen molar-refractivity contribution in [1.82, 2.24) is 0 Å². The Hall–Kier alpha value is -3.98. The molecular weight excluding hydrogens is 481 g/mol. The minimum atomic E-state index is -2.72. The van der Waals surface area contributed by atoms with Gasteiger partial charge in [0, 0.05) is 9.75 Å². The molecule has 0 saturated heterocycles. The summed E-state index contributed by atoms with van der Waals surface area (Å²) >= 11 is 1.93. The standard InChI is InChI=1S/C35H28SSi/c1-27-33(28-17-7-2-8-18-28)35(34(36-27)29-19-9-3-10-20-29)37(30-21-11-4-12-22-30,31-23-13-5-14-24-31)32-25-15-6-16-26-32/h2-26H,1H3. The zero-order chi connectivity index (χ0) is 25.1. The monoisotopic (exact) mass is 508 g/mol. The summed E-state index contributed by atoms with van der Waals surface area (Å²) in [6.45, 7) is 2.29. The van der Waals surface area contributed by atoms with Crippen molar-refractivity contribution in [1.29, 1.82) is 0 Å². The summed E-state index contributed by atoms with van der Waals surface area (Å²) in [5.74, 6) is 0. The number of hydrogen-bond acceptors (Lipinski definition) is 1. The van der Waals surface area contributed by atoms with E-state index in [1.165, 1.54) is 47.2 Å². The maximum Gasteiger partial charge on any atom is 0.181 e. The highest BCUT2D eigenvalue weighted by atomic mass is 32.1. The SMILES string of the molecule is Cc1sc(-c2ccccc2)c([Si](c2ccccc2)(c2ccccc2)c2ccccc2)c1-c1ccccc1. The maximum atomic E-state index is 2.35. The van der Waals surface area contributed by atoms with E-state index < -0.39 is 8.07 Å². The van der Waals surface area contributed by atoms with Crippen molar-refractivity contribution in [3.8, 4) is 21.6 Å². The Balaban J connectivity index is 1.85. The van der Waals surface area contributed by atoms with Gasteiger partial charge in [-0.25, -0.2) is 0 Å². The third-order valence-corrected chi connectivity index (χ3v) is 13.4. The summed E-state index contributed by atoms with van der Waals surface area (Å²) < 4.78 is 0. The van der Waals surface area contributed by atoms with Gasteiger partial charge in [-0.2, -0.15) is 0 Å². The Kier molecular flexibility index (Phi) is 6.44. The predicted octanol–water partition coefficient (Wildman–Crippen LogP) is 6.77. The molecule has 6 rings (SSSR count). The molecule has 0 aliphatic rings. The van der Waals surface area contributed by atoms with Crippen LogP contribution in [0.25, 0.3) is 21.6 Å². The largest absolute Gasteiger partial charge is 0.181 e. The van der Waals surface area contributed by atoms with Gasteiger partial charge in [0.2, 0.25) is 0 Å². The Morgan fingerprint density at radius 1 is 0.432 bits per heavy atom. The van der Waals surface area contributed by atoms with E-state index in [1.807, 2.05) is 11.3 Å². The molecule has 0 amide bonds. The van der Waals surface area contributed by atoms with Gasteiger partial charge in [0.25, 0.3) is 0 Å². The van der Waals surface area contributed by atoms with Gasteiger partial charge in [0.15, 0.2) is 8.07 Å². The highest BCUT2D eigenvalue weighted by molar-refractivity contribution is 7.26. The van der Waals surface area contributed by atoms with E-state index in [4.69, 9.17) is 0 Å². The van der Waals surface area contributed by atoms with Crippen molar-refractivity contribution in [2.24, 2.45) is 0 Å².